The van der Waals surface area contributed by atoms with Gasteiger partial charge in [-0.15, -0.1) is 0 Å². The van der Waals surface area contributed by atoms with Crippen LogP contribution in [0, 0.1) is 0 Å². The van der Waals surface area contributed by atoms with Gasteiger partial charge in [-0.25, -0.2) is 0 Å². The Morgan fingerprint density at radius 1 is 0.490 bits per heavy atom. The highest BCUT2D eigenvalue weighted by molar-refractivity contribution is 5.99. The molecule has 7 aromatic carbocycles. The summed E-state index contributed by atoms with van der Waals surface area (Å²) < 4.78 is 0. The van der Waals surface area contributed by atoms with E-state index < -0.39 is 5.41 Å². The highest BCUT2D eigenvalue weighted by Crippen LogP contribution is 2.60. The van der Waals surface area contributed by atoms with Gasteiger partial charge in [0.2, 0.25) is 0 Å². The number of rotatable bonds is 6. The molecule has 242 valence electrons. The molecule has 10 rings (SSSR count). The maximum Gasteiger partial charge on any atom is 0.0714 e. The van der Waals surface area contributed by atoms with Crippen LogP contribution in [0.1, 0.15) is 34.2 Å². The Kier molecular flexibility index (Phi) is 6.89. The molecule has 2 heteroatoms. The van der Waals surface area contributed by atoms with Crippen LogP contribution in [0.2, 0.25) is 0 Å². The van der Waals surface area contributed by atoms with Gasteiger partial charge in [-0.3, -0.25) is 0 Å². The first-order valence-electron chi connectivity index (χ1n) is 17.9. The van der Waals surface area contributed by atoms with Gasteiger partial charge in [0, 0.05) is 34.0 Å². The Morgan fingerprint density at radius 2 is 1.04 bits per heavy atom. The average Bonchev–Trinajstić information content (AvgIpc) is 3.69. The van der Waals surface area contributed by atoms with E-state index in [1.165, 1.54) is 55.9 Å². The van der Waals surface area contributed by atoms with Crippen molar-refractivity contribution in [3.63, 3.8) is 0 Å². The van der Waals surface area contributed by atoms with Crippen molar-refractivity contribution in [3.8, 4) is 11.1 Å². The third kappa shape index (κ3) is 4.50. The Balaban J connectivity index is 1.17. The van der Waals surface area contributed by atoms with Crippen LogP contribution in [0.25, 0.3) is 16.7 Å². The molecule has 0 saturated heterocycles. The van der Waals surface area contributed by atoms with Crippen LogP contribution < -0.4 is 9.80 Å². The SMILES string of the molecule is C1=CCC2C(=C1)c1cc3c(cc1N2c1ccc(N(c2ccccc2)c2ccccc2)cc1)C(c1ccccc1)(c1ccccc1)c1ccccc1-3. The molecule has 2 aliphatic carbocycles. The molecule has 2 nitrogen and oxygen atoms in total. The maximum absolute atomic E-state index is 2.59. The van der Waals surface area contributed by atoms with Gasteiger partial charge in [-0.2, -0.15) is 0 Å². The normalized spacial score (nSPS) is 16.1. The quantitative estimate of drug-likeness (QED) is 0.176. The van der Waals surface area contributed by atoms with Crippen molar-refractivity contribution in [3.05, 3.63) is 228 Å². The van der Waals surface area contributed by atoms with Gasteiger partial charge in [0.1, 0.15) is 0 Å². The number of para-hydroxylation sites is 2. The number of fused-ring (bicyclic) bond motifs is 6. The maximum atomic E-state index is 2.59. The zero-order valence-electron chi connectivity index (χ0n) is 28.2. The highest BCUT2D eigenvalue weighted by atomic mass is 15.2. The smallest absolute Gasteiger partial charge is 0.0714 e. The lowest BCUT2D eigenvalue weighted by Gasteiger charge is -2.35. The topological polar surface area (TPSA) is 6.48 Å². The van der Waals surface area contributed by atoms with Crippen molar-refractivity contribution in [1.29, 1.82) is 0 Å². The number of allylic oxidation sites excluding steroid dienone is 2. The van der Waals surface area contributed by atoms with Crippen molar-refractivity contribution in [2.75, 3.05) is 9.80 Å². The van der Waals surface area contributed by atoms with Gasteiger partial charge in [-0.1, -0.05) is 140 Å². The van der Waals surface area contributed by atoms with Crippen LogP contribution in [-0.4, -0.2) is 6.04 Å². The van der Waals surface area contributed by atoms with E-state index in [2.05, 4.69) is 210 Å². The molecule has 0 aromatic heterocycles. The summed E-state index contributed by atoms with van der Waals surface area (Å²) in [5.41, 5.74) is 16.1. The zero-order chi connectivity index (χ0) is 33.8. The molecule has 51 heavy (non-hydrogen) atoms. The Morgan fingerprint density at radius 3 is 1.67 bits per heavy atom. The lowest BCUT2D eigenvalue weighted by molar-refractivity contribution is 0.767. The Hall–Kier alpha value is -6.38. The van der Waals surface area contributed by atoms with Crippen LogP contribution >= 0.6 is 0 Å². The molecule has 0 bridgehead atoms. The number of nitrogens with zero attached hydrogens (tertiary/aromatic N) is 2. The number of benzene rings is 7. The molecule has 0 amide bonds. The minimum absolute atomic E-state index is 0.232. The van der Waals surface area contributed by atoms with Crippen molar-refractivity contribution in [1.82, 2.24) is 0 Å². The molecule has 0 saturated carbocycles. The summed E-state index contributed by atoms with van der Waals surface area (Å²) in [7, 11) is 0. The number of anilines is 5. The summed E-state index contributed by atoms with van der Waals surface area (Å²) in [5, 5.41) is 0. The first kappa shape index (κ1) is 29.5. The molecule has 3 aliphatic rings. The molecule has 1 heterocycles. The van der Waals surface area contributed by atoms with Gasteiger partial charge in [0.05, 0.1) is 11.5 Å². The Labute approximate surface area is 299 Å². The van der Waals surface area contributed by atoms with Gasteiger partial charge in [0.25, 0.3) is 0 Å². The third-order valence-electron chi connectivity index (χ3n) is 11.0. The summed E-state index contributed by atoms with van der Waals surface area (Å²) in [5.74, 6) is 0. The fourth-order valence-electron chi connectivity index (χ4n) is 8.89. The molecule has 7 aromatic rings. The average molecular weight is 653 g/mol. The second kappa shape index (κ2) is 11.9. The Bertz CT molecular complexity index is 2350. The van der Waals surface area contributed by atoms with Gasteiger partial charge in [-0.05, 0) is 106 Å². The zero-order valence-corrected chi connectivity index (χ0v) is 28.2. The van der Waals surface area contributed by atoms with Gasteiger partial charge in [0.15, 0.2) is 0 Å². The van der Waals surface area contributed by atoms with Gasteiger partial charge < -0.3 is 9.80 Å². The molecular weight excluding hydrogens is 617 g/mol. The monoisotopic (exact) mass is 652 g/mol. The summed E-state index contributed by atoms with van der Waals surface area (Å²) >= 11 is 0. The molecule has 0 N–H and O–H groups in total. The van der Waals surface area contributed by atoms with E-state index >= 15 is 0 Å². The van der Waals surface area contributed by atoms with Crippen molar-refractivity contribution >= 4 is 34.0 Å². The van der Waals surface area contributed by atoms with E-state index in [4.69, 9.17) is 0 Å². The van der Waals surface area contributed by atoms with E-state index in [1.807, 2.05) is 0 Å². The molecule has 0 radical (unpaired) electrons. The van der Waals surface area contributed by atoms with Crippen molar-refractivity contribution in [2.24, 2.45) is 0 Å². The lowest BCUT2D eigenvalue weighted by Crippen LogP contribution is -2.29. The second-order valence-corrected chi connectivity index (χ2v) is 13.6. The summed E-state index contributed by atoms with van der Waals surface area (Å²) in [6.07, 6.45) is 7.85. The summed E-state index contributed by atoms with van der Waals surface area (Å²) in [4.78, 5) is 4.92. The van der Waals surface area contributed by atoms with Gasteiger partial charge >= 0.3 is 0 Å². The second-order valence-electron chi connectivity index (χ2n) is 13.6. The molecular formula is C49H36N2. The standard InChI is InChI=1S/C49H36N2/c1-5-17-35(18-6-1)49(36-19-7-2-8-20-36)45-27-15-13-25-41(45)43-33-44-42-26-14-16-28-47(42)51(48(44)34-46(43)49)40-31-29-39(30-32-40)50(37-21-9-3-10-22-37)38-23-11-4-12-24-38/h1-27,29-34,47H,28H2. The minimum Gasteiger partial charge on any atom is -0.333 e. The first-order chi connectivity index (χ1) is 25.3. The summed E-state index contributed by atoms with van der Waals surface area (Å²) in [6.45, 7) is 0. The fourth-order valence-corrected chi connectivity index (χ4v) is 8.89. The predicted molar refractivity (Wildman–Crippen MR) is 213 cm³/mol. The fraction of sp³-hybridized carbons (Fsp3) is 0.0612. The van der Waals surface area contributed by atoms with Crippen molar-refractivity contribution in [2.45, 2.75) is 17.9 Å². The van der Waals surface area contributed by atoms with E-state index in [-0.39, 0.29) is 6.04 Å². The van der Waals surface area contributed by atoms with Crippen LogP contribution in [-0.2, 0) is 5.41 Å². The molecule has 0 spiro atoms. The largest absolute Gasteiger partial charge is 0.333 e. The number of hydrogen-bond acceptors (Lipinski definition) is 2. The van der Waals surface area contributed by atoms with Crippen LogP contribution in [0.4, 0.5) is 28.4 Å². The molecule has 1 unspecified atom stereocenters. The van der Waals surface area contributed by atoms with Crippen LogP contribution in [0.5, 0.6) is 0 Å². The van der Waals surface area contributed by atoms with E-state index in [0.29, 0.717) is 0 Å². The first-order valence-corrected chi connectivity index (χ1v) is 17.9. The molecule has 1 atom stereocenters. The predicted octanol–water partition coefficient (Wildman–Crippen LogP) is 12.4. The number of hydrogen-bond donors (Lipinski definition) is 0. The van der Waals surface area contributed by atoms with Crippen molar-refractivity contribution < 1.29 is 0 Å². The molecule has 1 aliphatic heterocycles. The lowest BCUT2D eigenvalue weighted by atomic mass is 9.67. The van der Waals surface area contributed by atoms with Crippen LogP contribution in [0.15, 0.2) is 200 Å². The van der Waals surface area contributed by atoms with E-state index in [0.717, 1.165) is 23.5 Å². The highest BCUT2D eigenvalue weighted by Gasteiger charge is 2.48. The summed E-state index contributed by atoms with van der Waals surface area (Å²) in [6, 6.07) is 66.9. The third-order valence-corrected chi connectivity index (χ3v) is 11.0. The van der Waals surface area contributed by atoms with E-state index in [1.54, 1.807) is 0 Å². The van der Waals surface area contributed by atoms with Crippen LogP contribution in [0.3, 0.4) is 0 Å². The van der Waals surface area contributed by atoms with E-state index in [9.17, 15) is 0 Å². The molecule has 0 fully saturated rings. The minimum atomic E-state index is -0.439.